The van der Waals surface area contributed by atoms with Crippen molar-refractivity contribution < 1.29 is 27.8 Å². The minimum atomic E-state index is -4.74. The fourth-order valence-corrected chi connectivity index (χ4v) is 4.29. The molecule has 0 bridgehead atoms. The lowest BCUT2D eigenvalue weighted by Crippen LogP contribution is -2.21. The smallest absolute Gasteiger partial charge is 0.406 e. The number of aromatic nitrogens is 1. The Morgan fingerprint density at radius 3 is 2.67 bits per heavy atom. The Morgan fingerprint density at radius 2 is 2.03 bits per heavy atom. The third-order valence-corrected chi connectivity index (χ3v) is 6.49. The van der Waals surface area contributed by atoms with Gasteiger partial charge in [0, 0.05) is 22.9 Å². The van der Waals surface area contributed by atoms with Gasteiger partial charge in [0.15, 0.2) is 5.17 Å². The lowest BCUT2D eigenvalue weighted by molar-refractivity contribution is -0.274. The molecular weight excluding hydrogens is 439 g/mol. The Labute approximate surface area is 177 Å². The van der Waals surface area contributed by atoms with Gasteiger partial charge in [-0.3, -0.25) is 9.79 Å². The molecule has 158 valence electrons. The number of halogens is 3. The molecule has 0 spiro atoms. The molecule has 0 radical (unpaired) electrons. The van der Waals surface area contributed by atoms with E-state index in [0.717, 1.165) is 12.8 Å². The van der Waals surface area contributed by atoms with Crippen LogP contribution in [0, 0.1) is 5.41 Å². The van der Waals surface area contributed by atoms with E-state index in [9.17, 15) is 23.1 Å². The van der Waals surface area contributed by atoms with E-state index < -0.39 is 6.36 Å². The molecule has 2 aromatic rings. The van der Waals surface area contributed by atoms with Crippen molar-refractivity contribution in [2.45, 2.75) is 19.2 Å². The molecule has 2 N–H and O–H groups in total. The van der Waals surface area contributed by atoms with Crippen LogP contribution in [0.15, 0.2) is 39.5 Å². The van der Waals surface area contributed by atoms with Crippen LogP contribution in [0.3, 0.4) is 0 Å². The lowest BCUT2D eigenvalue weighted by atomic mass is 10.1. The third kappa shape index (κ3) is 5.02. The first-order valence-corrected chi connectivity index (χ1v) is 10.6. The molecule has 30 heavy (non-hydrogen) atoms. The van der Waals surface area contributed by atoms with Gasteiger partial charge in [-0.05, 0) is 54.9 Å². The molecule has 4 rings (SSSR count). The van der Waals surface area contributed by atoms with Gasteiger partial charge in [0.05, 0.1) is 17.2 Å². The number of aliphatic hydroxyl groups excluding tert-OH is 1. The monoisotopic (exact) mass is 455 g/mol. The van der Waals surface area contributed by atoms with Crippen molar-refractivity contribution >= 4 is 40.2 Å². The highest BCUT2D eigenvalue weighted by atomic mass is 32.2. The highest BCUT2D eigenvalue weighted by molar-refractivity contribution is 8.18. The number of amides is 1. The van der Waals surface area contributed by atoms with Gasteiger partial charge in [-0.2, -0.15) is 0 Å². The van der Waals surface area contributed by atoms with Crippen molar-refractivity contribution in [3.05, 3.63) is 40.2 Å². The number of aliphatic hydroxyl groups is 1. The van der Waals surface area contributed by atoms with Crippen LogP contribution in [0.4, 0.5) is 13.2 Å². The summed E-state index contributed by atoms with van der Waals surface area (Å²) >= 11 is 2.53. The van der Waals surface area contributed by atoms with Crippen LogP contribution in [-0.4, -0.2) is 40.7 Å². The van der Waals surface area contributed by atoms with Gasteiger partial charge < -0.3 is 15.2 Å². The summed E-state index contributed by atoms with van der Waals surface area (Å²) in [7, 11) is 0. The first-order chi connectivity index (χ1) is 14.3. The quantitative estimate of drug-likeness (QED) is 0.643. The Balaban J connectivity index is 1.43. The van der Waals surface area contributed by atoms with Crippen LogP contribution in [0.2, 0.25) is 0 Å². The minimum absolute atomic E-state index is 0.0933. The average Bonchev–Trinajstić information content (AvgIpc) is 3.19. The number of alkyl halides is 3. The number of nitrogens with zero attached hydrogens (tertiary/aromatic N) is 2. The van der Waals surface area contributed by atoms with Crippen LogP contribution in [0.25, 0.3) is 16.6 Å². The van der Waals surface area contributed by atoms with E-state index in [1.54, 1.807) is 11.5 Å². The van der Waals surface area contributed by atoms with E-state index in [0.29, 0.717) is 32.9 Å². The zero-order chi connectivity index (χ0) is 21.4. The Hall–Kier alpha value is -2.37. The first kappa shape index (κ1) is 20.9. The van der Waals surface area contributed by atoms with E-state index in [1.807, 2.05) is 0 Å². The minimum Gasteiger partial charge on any atom is -0.406 e. The molecule has 2 aliphatic rings. The molecule has 2 heterocycles. The van der Waals surface area contributed by atoms with Gasteiger partial charge in [0.2, 0.25) is 0 Å². The Morgan fingerprint density at radius 1 is 1.30 bits per heavy atom. The highest BCUT2D eigenvalue weighted by Crippen LogP contribution is 2.45. The Kier molecular flexibility index (Phi) is 5.60. The number of thioether (sulfide) groups is 1. The molecule has 1 aliphatic carbocycles. The van der Waals surface area contributed by atoms with Crippen molar-refractivity contribution in [2.75, 3.05) is 13.2 Å². The SMILES string of the molecule is O=C1NC(=NCC2(CO)CC2)S/C1=C/c1csc(-c2ccc(OC(F)(F)F)cc2)n1. The highest BCUT2D eigenvalue weighted by Gasteiger charge is 2.42. The zero-order valence-corrected chi connectivity index (χ0v) is 17.0. The van der Waals surface area contributed by atoms with Crippen LogP contribution < -0.4 is 10.1 Å². The second kappa shape index (κ2) is 8.05. The molecule has 0 atom stereocenters. The number of rotatable bonds is 6. The summed E-state index contributed by atoms with van der Waals surface area (Å²) in [5, 5.41) is 14.9. The maximum absolute atomic E-state index is 12.3. The summed E-state index contributed by atoms with van der Waals surface area (Å²) in [6.45, 7) is 0.574. The summed E-state index contributed by atoms with van der Waals surface area (Å²) in [6.07, 6.45) is -1.22. The average molecular weight is 455 g/mol. The second-order valence-corrected chi connectivity index (χ2v) is 8.88. The van der Waals surface area contributed by atoms with E-state index in [1.165, 1.54) is 47.4 Å². The number of ether oxygens (including phenoxy) is 1. The maximum atomic E-state index is 12.3. The third-order valence-electron chi connectivity index (χ3n) is 4.64. The summed E-state index contributed by atoms with van der Waals surface area (Å²) < 4.78 is 40.6. The van der Waals surface area contributed by atoms with Crippen molar-refractivity contribution in [1.29, 1.82) is 0 Å². The molecular formula is C19H16F3N3O3S2. The summed E-state index contributed by atoms with van der Waals surface area (Å²) in [4.78, 5) is 21.4. The van der Waals surface area contributed by atoms with Gasteiger partial charge in [0.25, 0.3) is 5.91 Å². The standard InChI is InChI=1S/C19H16F3N3O3S2/c20-19(21,22)28-13-3-1-11(2-4-13)16-24-12(8-29-16)7-14-15(27)25-17(30-14)23-9-18(10-26)5-6-18/h1-4,7-8,26H,5-6,9-10H2,(H,23,25,27)/b14-7+. The van der Waals surface area contributed by atoms with E-state index in [2.05, 4.69) is 20.0 Å². The van der Waals surface area contributed by atoms with Crippen LogP contribution in [0.1, 0.15) is 18.5 Å². The number of hydrogen-bond donors (Lipinski definition) is 2. The number of hydrogen-bond acceptors (Lipinski definition) is 7. The van der Waals surface area contributed by atoms with Crippen molar-refractivity contribution in [2.24, 2.45) is 10.4 Å². The number of aliphatic imine (C=N–C) groups is 1. The maximum Gasteiger partial charge on any atom is 0.573 e. The van der Waals surface area contributed by atoms with E-state index in [-0.39, 0.29) is 23.7 Å². The molecule has 6 nitrogen and oxygen atoms in total. The normalized spacial score (nSPS) is 20.6. The van der Waals surface area contributed by atoms with Crippen molar-refractivity contribution in [1.82, 2.24) is 10.3 Å². The number of benzene rings is 1. The fourth-order valence-electron chi connectivity index (χ4n) is 2.70. The molecule has 1 aliphatic heterocycles. The summed E-state index contributed by atoms with van der Waals surface area (Å²) in [6, 6.07) is 5.44. The summed E-state index contributed by atoms with van der Waals surface area (Å²) in [5.74, 6) is -0.569. The largest absolute Gasteiger partial charge is 0.573 e. The molecule has 1 aromatic carbocycles. The molecule has 2 fully saturated rings. The molecule has 1 aromatic heterocycles. The van der Waals surface area contributed by atoms with Crippen LogP contribution in [0.5, 0.6) is 5.75 Å². The molecule has 1 saturated heterocycles. The molecule has 1 amide bonds. The first-order valence-electron chi connectivity index (χ1n) is 8.93. The van der Waals surface area contributed by atoms with Crippen LogP contribution in [-0.2, 0) is 4.79 Å². The van der Waals surface area contributed by atoms with Gasteiger partial charge in [-0.1, -0.05) is 0 Å². The predicted molar refractivity (Wildman–Crippen MR) is 109 cm³/mol. The predicted octanol–water partition coefficient (Wildman–Crippen LogP) is 4.04. The second-order valence-electron chi connectivity index (χ2n) is 6.99. The van der Waals surface area contributed by atoms with Crippen LogP contribution >= 0.6 is 23.1 Å². The zero-order valence-electron chi connectivity index (χ0n) is 15.4. The number of carbonyl (C=O) groups is 1. The van der Waals surface area contributed by atoms with Crippen molar-refractivity contribution in [3.8, 4) is 16.3 Å². The topological polar surface area (TPSA) is 83.8 Å². The summed E-state index contributed by atoms with van der Waals surface area (Å²) in [5.41, 5.74) is 1.08. The van der Waals surface area contributed by atoms with E-state index in [4.69, 9.17) is 0 Å². The molecule has 11 heteroatoms. The number of nitrogens with one attached hydrogen (secondary N) is 1. The van der Waals surface area contributed by atoms with Crippen molar-refractivity contribution in [3.63, 3.8) is 0 Å². The number of amidine groups is 1. The Bertz CT molecular complexity index is 1010. The molecule has 0 unspecified atom stereocenters. The number of carbonyl (C=O) groups excluding carboxylic acids is 1. The van der Waals surface area contributed by atoms with E-state index >= 15 is 0 Å². The van der Waals surface area contributed by atoms with Gasteiger partial charge in [-0.15, -0.1) is 24.5 Å². The van der Waals surface area contributed by atoms with Gasteiger partial charge >= 0.3 is 6.36 Å². The van der Waals surface area contributed by atoms with Gasteiger partial charge in [-0.25, -0.2) is 4.98 Å². The lowest BCUT2D eigenvalue weighted by Gasteiger charge is -2.08. The van der Waals surface area contributed by atoms with Gasteiger partial charge in [0.1, 0.15) is 10.8 Å². The molecule has 1 saturated carbocycles. The number of thiazole rings is 1. The fraction of sp³-hybridized carbons (Fsp3) is 0.316.